The smallest absolute Gasteiger partial charge is 0.331 e. The first kappa shape index (κ1) is 11.8. The number of aromatic nitrogens is 1. The Morgan fingerprint density at radius 3 is 2.83 bits per heavy atom. The summed E-state index contributed by atoms with van der Waals surface area (Å²) < 4.78 is 5.32. The number of rotatable bonds is 3. The van der Waals surface area contributed by atoms with E-state index in [0.717, 1.165) is 5.56 Å². The average molecular weight is 246 g/mol. The second kappa shape index (κ2) is 4.70. The van der Waals surface area contributed by atoms with Gasteiger partial charge in [-0.2, -0.15) is 0 Å². The first-order valence-corrected chi connectivity index (χ1v) is 5.14. The van der Waals surface area contributed by atoms with Crippen LogP contribution in [0.5, 0.6) is 17.4 Å². The highest BCUT2D eigenvalue weighted by molar-refractivity contribution is 5.44. The summed E-state index contributed by atoms with van der Waals surface area (Å²) in [4.78, 5) is 14.0. The molecule has 2 aromatic rings. The zero-order valence-corrected chi connectivity index (χ0v) is 9.53. The van der Waals surface area contributed by atoms with Gasteiger partial charge in [0.15, 0.2) is 0 Å². The molecule has 0 atom stereocenters. The third-order valence-corrected chi connectivity index (χ3v) is 2.20. The lowest BCUT2D eigenvalue weighted by molar-refractivity contribution is -0.386. The number of hydrogen-bond donors (Lipinski definition) is 1. The van der Waals surface area contributed by atoms with Crippen LogP contribution in [-0.2, 0) is 0 Å². The molecule has 0 saturated carbocycles. The van der Waals surface area contributed by atoms with E-state index in [9.17, 15) is 15.2 Å². The normalized spacial score (nSPS) is 10.1. The monoisotopic (exact) mass is 246 g/mol. The van der Waals surface area contributed by atoms with Crippen LogP contribution in [0.1, 0.15) is 5.56 Å². The van der Waals surface area contributed by atoms with Crippen LogP contribution in [0.2, 0.25) is 0 Å². The number of ether oxygens (including phenoxy) is 1. The summed E-state index contributed by atoms with van der Waals surface area (Å²) in [6.07, 6.45) is 1.40. The molecule has 0 radical (unpaired) electrons. The fraction of sp³-hybridized carbons (Fsp3) is 0.0833. The standard InChI is InChI=1S/C12H10N2O4/c1-8-5-9(15)7-10(6-8)18-12-11(14(16)17)3-2-4-13-12/h2-7,15H,1H3. The van der Waals surface area contributed by atoms with Gasteiger partial charge < -0.3 is 9.84 Å². The summed E-state index contributed by atoms with van der Waals surface area (Å²) in [6.45, 7) is 1.78. The Hall–Kier alpha value is -2.63. The highest BCUT2D eigenvalue weighted by atomic mass is 16.6. The van der Waals surface area contributed by atoms with Crippen molar-refractivity contribution in [3.8, 4) is 17.4 Å². The lowest BCUT2D eigenvalue weighted by Crippen LogP contribution is -1.95. The first-order chi connectivity index (χ1) is 8.56. The Morgan fingerprint density at radius 2 is 2.17 bits per heavy atom. The molecule has 1 aromatic heterocycles. The number of aromatic hydroxyl groups is 1. The van der Waals surface area contributed by atoms with Crippen molar-refractivity contribution >= 4 is 5.69 Å². The van der Waals surface area contributed by atoms with Gasteiger partial charge in [-0.15, -0.1) is 0 Å². The van der Waals surface area contributed by atoms with Crippen molar-refractivity contribution in [2.45, 2.75) is 6.92 Å². The van der Waals surface area contributed by atoms with E-state index in [0.29, 0.717) is 5.75 Å². The van der Waals surface area contributed by atoms with Gasteiger partial charge in [-0.25, -0.2) is 4.98 Å². The fourth-order valence-electron chi connectivity index (χ4n) is 1.50. The second-order valence-corrected chi connectivity index (χ2v) is 3.69. The van der Waals surface area contributed by atoms with Gasteiger partial charge in [0.2, 0.25) is 0 Å². The quantitative estimate of drug-likeness (QED) is 0.664. The van der Waals surface area contributed by atoms with Crippen LogP contribution in [0.15, 0.2) is 36.5 Å². The molecule has 0 aliphatic rings. The first-order valence-electron chi connectivity index (χ1n) is 5.14. The Morgan fingerprint density at radius 1 is 1.39 bits per heavy atom. The number of pyridine rings is 1. The minimum absolute atomic E-state index is 0.0311. The van der Waals surface area contributed by atoms with E-state index in [2.05, 4.69) is 4.98 Å². The van der Waals surface area contributed by atoms with Gasteiger partial charge in [-0.05, 0) is 30.7 Å². The number of phenols is 1. The maximum absolute atomic E-state index is 10.8. The van der Waals surface area contributed by atoms with Gasteiger partial charge in [-0.1, -0.05) is 0 Å². The summed E-state index contributed by atoms with van der Waals surface area (Å²) in [7, 11) is 0. The lowest BCUT2D eigenvalue weighted by atomic mass is 10.2. The van der Waals surface area contributed by atoms with E-state index in [4.69, 9.17) is 4.74 Å². The molecular formula is C12H10N2O4. The summed E-state index contributed by atoms with van der Waals surface area (Å²) in [5.41, 5.74) is 0.557. The highest BCUT2D eigenvalue weighted by Crippen LogP contribution is 2.30. The molecule has 1 aromatic carbocycles. The van der Waals surface area contributed by atoms with Crippen LogP contribution in [0.25, 0.3) is 0 Å². The predicted octanol–water partition coefficient (Wildman–Crippen LogP) is 2.80. The third-order valence-electron chi connectivity index (χ3n) is 2.20. The van der Waals surface area contributed by atoms with Crippen molar-refractivity contribution in [1.29, 1.82) is 0 Å². The molecule has 18 heavy (non-hydrogen) atoms. The van der Waals surface area contributed by atoms with Gasteiger partial charge in [0, 0.05) is 18.3 Å². The maximum atomic E-state index is 10.8. The van der Waals surface area contributed by atoms with Crippen molar-refractivity contribution in [2.24, 2.45) is 0 Å². The zero-order chi connectivity index (χ0) is 13.1. The molecule has 0 unspecified atom stereocenters. The minimum Gasteiger partial charge on any atom is -0.508 e. The predicted molar refractivity (Wildman–Crippen MR) is 63.8 cm³/mol. The number of nitrogens with zero attached hydrogens (tertiary/aromatic N) is 2. The molecule has 6 nitrogen and oxygen atoms in total. The number of hydrogen-bond acceptors (Lipinski definition) is 5. The molecule has 0 saturated heterocycles. The Kier molecular flexibility index (Phi) is 3.09. The van der Waals surface area contributed by atoms with Crippen molar-refractivity contribution in [2.75, 3.05) is 0 Å². The summed E-state index contributed by atoms with van der Waals surface area (Å²) in [5.74, 6) is 0.227. The van der Waals surface area contributed by atoms with E-state index in [1.54, 1.807) is 19.1 Å². The molecule has 1 N–H and O–H groups in total. The van der Waals surface area contributed by atoms with Gasteiger partial charge in [0.05, 0.1) is 4.92 Å². The van der Waals surface area contributed by atoms with Crippen LogP contribution in [0, 0.1) is 17.0 Å². The largest absolute Gasteiger partial charge is 0.508 e. The minimum atomic E-state index is -0.571. The highest BCUT2D eigenvalue weighted by Gasteiger charge is 2.16. The van der Waals surface area contributed by atoms with Crippen molar-refractivity contribution in [3.63, 3.8) is 0 Å². The molecule has 1 heterocycles. The van der Waals surface area contributed by atoms with Crippen molar-refractivity contribution in [1.82, 2.24) is 4.98 Å². The second-order valence-electron chi connectivity index (χ2n) is 3.69. The van der Waals surface area contributed by atoms with E-state index in [1.807, 2.05) is 0 Å². The number of nitro groups is 1. The Labute approximate surface area is 103 Å². The van der Waals surface area contributed by atoms with Crippen molar-refractivity contribution < 1.29 is 14.8 Å². The molecule has 92 valence electrons. The molecule has 0 fully saturated rings. The Bertz CT molecular complexity index is 578. The van der Waals surface area contributed by atoms with Crippen LogP contribution in [-0.4, -0.2) is 15.0 Å². The third kappa shape index (κ3) is 2.54. The van der Waals surface area contributed by atoms with E-state index in [1.165, 1.54) is 24.4 Å². The van der Waals surface area contributed by atoms with E-state index >= 15 is 0 Å². The van der Waals surface area contributed by atoms with Crippen LogP contribution in [0.4, 0.5) is 5.69 Å². The maximum Gasteiger partial charge on any atom is 0.331 e. The SMILES string of the molecule is Cc1cc(O)cc(Oc2ncccc2[N+](=O)[O-])c1. The molecule has 0 aliphatic carbocycles. The molecule has 0 aliphatic heterocycles. The molecule has 0 bridgehead atoms. The topological polar surface area (TPSA) is 85.5 Å². The molecule has 0 spiro atoms. The summed E-state index contributed by atoms with van der Waals surface area (Å²) in [5, 5.41) is 20.2. The zero-order valence-electron chi connectivity index (χ0n) is 9.53. The van der Waals surface area contributed by atoms with Crippen LogP contribution in [0.3, 0.4) is 0 Å². The molecule has 0 amide bonds. The number of aryl methyl sites for hydroxylation is 1. The van der Waals surface area contributed by atoms with E-state index in [-0.39, 0.29) is 17.3 Å². The van der Waals surface area contributed by atoms with Gasteiger partial charge in [0.25, 0.3) is 5.88 Å². The average Bonchev–Trinajstić information content (AvgIpc) is 2.27. The summed E-state index contributed by atoms with van der Waals surface area (Å²) >= 11 is 0. The van der Waals surface area contributed by atoms with Crippen molar-refractivity contribution in [3.05, 3.63) is 52.2 Å². The Balaban J connectivity index is 2.37. The van der Waals surface area contributed by atoms with Crippen LogP contribution < -0.4 is 4.74 Å². The molecule has 2 rings (SSSR count). The van der Waals surface area contributed by atoms with Gasteiger partial charge in [-0.3, -0.25) is 10.1 Å². The van der Waals surface area contributed by atoms with Gasteiger partial charge >= 0.3 is 5.69 Å². The molecular weight excluding hydrogens is 236 g/mol. The summed E-state index contributed by atoms with van der Waals surface area (Å²) in [6, 6.07) is 7.33. The fourth-order valence-corrected chi connectivity index (χ4v) is 1.50. The number of phenolic OH excluding ortho intramolecular Hbond substituents is 1. The molecule has 6 heteroatoms. The lowest BCUT2D eigenvalue weighted by Gasteiger charge is -2.06. The van der Waals surface area contributed by atoms with Gasteiger partial charge in [0.1, 0.15) is 11.5 Å². The van der Waals surface area contributed by atoms with Crippen LogP contribution >= 0.6 is 0 Å². The number of benzene rings is 1. The van der Waals surface area contributed by atoms with E-state index < -0.39 is 4.92 Å².